The Morgan fingerprint density at radius 1 is 0.812 bits per heavy atom. The smallest absolute Gasteiger partial charge is 0.194 e. The van der Waals surface area contributed by atoms with E-state index in [1.165, 1.54) is 0 Å². The molecule has 1 aliphatic carbocycles. The van der Waals surface area contributed by atoms with Gasteiger partial charge in [0.2, 0.25) is 0 Å². The molecule has 0 unspecified atom stereocenters. The number of nitrogens with zero attached hydrogens (tertiary/aromatic N) is 1. The molecular weight excluding hydrogens is 202 g/mol. The lowest BCUT2D eigenvalue weighted by molar-refractivity contribution is 0.104. The number of rotatable bonds is 1. The highest BCUT2D eigenvalue weighted by Gasteiger charge is 2.26. The molecule has 0 atom stereocenters. The highest BCUT2D eigenvalue weighted by Crippen LogP contribution is 2.37. The molecule has 76 valence electrons. The van der Waals surface area contributed by atoms with E-state index in [-0.39, 0.29) is 5.78 Å². The quantitative estimate of drug-likeness (QED) is 0.577. The van der Waals surface area contributed by atoms with E-state index in [1.54, 1.807) is 24.3 Å². The minimum Gasteiger partial charge on any atom is -0.289 e. The highest BCUT2D eigenvalue weighted by atomic mass is 16.3. The van der Waals surface area contributed by atoms with E-state index in [2.05, 4.69) is 5.18 Å². The molecule has 3 heteroatoms. The van der Waals surface area contributed by atoms with Crippen molar-refractivity contribution in [2.75, 3.05) is 0 Å². The molecule has 3 nitrogen and oxygen atoms in total. The zero-order chi connectivity index (χ0) is 11.1. The van der Waals surface area contributed by atoms with Gasteiger partial charge in [-0.3, -0.25) is 4.79 Å². The van der Waals surface area contributed by atoms with E-state index in [4.69, 9.17) is 0 Å². The molecule has 2 aromatic carbocycles. The Hall–Kier alpha value is -2.29. The summed E-state index contributed by atoms with van der Waals surface area (Å²) in [5.41, 5.74) is 3.37. The number of carbonyl (C=O) groups is 1. The topological polar surface area (TPSA) is 46.5 Å². The molecule has 2 aromatic rings. The Morgan fingerprint density at radius 2 is 1.50 bits per heavy atom. The normalized spacial score (nSPS) is 12.1. The van der Waals surface area contributed by atoms with Crippen LogP contribution in [0.25, 0.3) is 11.1 Å². The Labute approximate surface area is 91.7 Å². The molecule has 0 N–H and O–H groups in total. The van der Waals surface area contributed by atoms with Gasteiger partial charge in [0, 0.05) is 11.1 Å². The van der Waals surface area contributed by atoms with Gasteiger partial charge in [0.25, 0.3) is 0 Å². The van der Waals surface area contributed by atoms with Crippen LogP contribution < -0.4 is 0 Å². The monoisotopic (exact) mass is 209 g/mol. The predicted octanol–water partition coefficient (Wildman–Crippen LogP) is 3.30. The van der Waals surface area contributed by atoms with Crippen molar-refractivity contribution in [3.63, 3.8) is 0 Å². The summed E-state index contributed by atoms with van der Waals surface area (Å²) < 4.78 is 0. The van der Waals surface area contributed by atoms with E-state index >= 15 is 0 Å². The zero-order valence-corrected chi connectivity index (χ0v) is 8.31. The maximum Gasteiger partial charge on any atom is 0.194 e. The second-order valence-corrected chi connectivity index (χ2v) is 3.70. The van der Waals surface area contributed by atoms with E-state index in [9.17, 15) is 9.70 Å². The summed E-state index contributed by atoms with van der Waals surface area (Å²) in [6, 6.07) is 12.4. The van der Waals surface area contributed by atoms with Crippen LogP contribution in [0.15, 0.2) is 47.6 Å². The summed E-state index contributed by atoms with van der Waals surface area (Å²) in [7, 11) is 0. The fourth-order valence-electron chi connectivity index (χ4n) is 2.07. The zero-order valence-electron chi connectivity index (χ0n) is 8.31. The molecule has 0 bridgehead atoms. The van der Waals surface area contributed by atoms with E-state index < -0.39 is 0 Å². The van der Waals surface area contributed by atoms with Gasteiger partial charge in [-0.2, -0.15) is 0 Å². The van der Waals surface area contributed by atoms with Crippen LogP contribution in [0.5, 0.6) is 0 Å². The number of ketones is 1. The second kappa shape index (κ2) is 3.10. The average molecular weight is 209 g/mol. The third-order valence-corrected chi connectivity index (χ3v) is 2.82. The minimum atomic E-state index is -0.0314. The first-order valence-corrected chi connectivity index (χ1v) is 4.93. The average Bonchev–Trinajstić information content (AvgIpc) is 2.64. The van der Waals surface area contributed by atoms with Gasteiger partial charge in [-0.25, -0.2) is 0 Å². The summed E-state index contributed by atoms with van der Waals surface area (Å²) in [4.78, 5) is 22.4. The molecule has 0 aromatic heterocycles. The molecular formula is C13H7NO2. The van der Waals surface area contributed by atoms with Crippen molar-refractivity contribution in [3.05, 3.63) is 58.5 Å². The largest absolute Gasteiger partial charge is 0.289 e. The Kier molecular flexibility index (Phi) is 1.74. The number of nitroso groups, excluding NO2 is 1. The highest BCUT2D eigenvalue weighted by molar-refractivity contribution is 6.21. The van der Waals surface area contributed by atoms with E-state index in [1.807, 2.05) is 18.2 Å². The number of benzene rings is 2. The lowest BCUT2D eigenvalue weighted by atomic mass is 10.1. The van der Waals surface area contributed by atoms with Gasteiger partial charge < -0.3 is 0 Å². The maximum atomic E-state index is 12.0. The molecule has 0 saturated heterocycles. The summed E-state index contributed by atoms with van der Waals surface area (Å²) in [5, 5.41) is 2.84. The molecule has 0 aliphatic heterocycles. The van der Waals surface area contributed by atoms with E-state index in [0.29, 0.717) is 16.8 Å². The Bertz CT molecular complexity index is 617. The van der Waals surface area contributed by atoms with Crippen LogP contribution in [0.2, 0.25) is 0 Å². The molecule has 0 fully saturated rings. The Balaban J connectivity index is 2.32. The summed E-state index contributed by atoms with van der Waals surface area (Å²) >= 11 is 0. The first-order chi connectivity index (χ1) is 7.81. The van der Waals surface area contributed by atoms with Crippen molar-refractivity contribution in [2.24, 2.45) is 5.18 Å². The van der Waals surface area contributed by atoms with E-state index in [0.717, 1.165) is 11.1 Å². The standard InChI is InChI=1S/C13H7NO2/c15-13-11-4-2-1-3-9(11)10-6-5-8(14-16)7-12(10)13/h1-7H. The predicted molar refractivity (Wildman–Crippen MR) is 60.8 cm³/mol. The van der Waals surface area contributed by atoms with Crippen molar-refractivity contribution < 1.29 is 4.79 Å². The minimum absolute atomic E-state index is 0.0314. The first kappa shape index (κ1) is 8.97. The summed E-state index contributed by atoms with van der Waals surface area (Å²) in [6.45, 7) is 0. The van der Waals surface area contributed by atoms with Crippen LogP contribution >= 0.6 is 0 Å². The van der Waals surface area contributed by atoms with Crippen molar-refractivity contribution in [3.8, 4) is 11.1 Å². The summed E-state index contributed by atoms with van der Waals surface area (Å²) in [6.07, 6.45) is 0. The van der Waals surface area contributed by atoms with Crippen LogP contribution in [-0.4, -0.2) is 5.78 Å². The fraction of sp³-hybridized carbons (Fsp3) is 0. The third-order valence-electron chi connectivity index (χ3n) is 2.82. The van der Waals surface area contributed by atoms with Crippen molar-refractivity contribution in [2.45, 2.75) is 0 Å². The van der Waals surface area contributed by atoms with Crippen molar-refractivity contribution >= 4 is 11.5 Å². The van der Waals surface area contributed by atoms with Gasteiger partial charge in [0.1, 0.15) is 5.69 Å². The van der Waals surface area contributed by atoms with Gasteiger partial charge in [-0.15, -0.1) is 4.91 Å². The van der Waals surface area contributed by atoms with Crippen LogP contribution in [0.3, 0.4) is 0 Å². The molecule has 16 heavy (non-hydrogen) atoms. The first-order valence-electron chi connectivity index (χ1n) is 4.93. The number of hydrogen-bond donors (Lipinski definition) is 0. The van der Waals surface area contributed by atoms with Crippen LogP contribution in [-0.2, 0) is 0 Å². The molecule has 1 aliphatic rings. The van der Waals surface area contributed by atoms with Crippen molar-refractivity contribution in [1.82, 2.24) is 0 Å². The number of fused-ring (bicyclic) bond motifs is 3. The van der Waals surface area contributed by atoms with Crippen LogP contribution in [0.1, 0.15) is 15.9 Å². The molecule has 0 saturated carbocycles. The van der Waals surface area contributed by atoms with Gasteiger partial charge in [-0.05, 0) is 28.4 Å². The Morgan fingerprint density at radius 3 is 2.25 bits per heavy atom. The fourth-order valence-corrected chi connectivity index (χ4v) is 2.07. The van der Waals surface area contributed by atoms with Crippen LogP contribution in [0.4, 0.5) is 5.69 Å². The molecule has 3 rings (SSSR count). The number of carbonyl (C=O) groups excluding carboxylic acids is 1. The maximum absolute atomic E-state index is 12.0. The molecule has 0 amide bonds. The SMILES string of the molecule is O=Nc1ccc2c(c1)C(=O)c1ccccc1-2. The lowest BCUT2D eigenvalue weighted by Crippen LogP contribution is -1.93. The van der Waals surface area contributed by atoms with Gasteiger partial charge in [-0.1, -0.05) is 30.3 Å². The van der Waals surface area contributed by atoms with Crippen molar-refractivity contribution in [1.29, 1.82) is 0 Å². The molecule has 0 heterocycles. The second-order valence-electron chi connectivity index (χ2n) is 3.70. The molecule has 0 radical (unpaired) electrons. The third kappa shape index (κ3) is 1.05. The lowest BCUT2D eigenvalue weighted by Gasteiger charge is -1.98. The van der Waals surface area contributed by atoms with Crippen LogP contribution in [0, 0.1) is 4.91 Å². The number of hydrogen-bond acceptors (Lipinski definition) is 3. The van der Waals surface area contributed by atoms with Gasteiger partial charge in [0.05, 0.1) is 0 Å². The summed E-state index contributed by atoms with van der Waals surface area (Å²) in [5.74, 6) is -0.0314. The van der Waals surface area contributed by atoms with Gasteiger partial charge in [0.15, 0.2) is 5.78 Å². The van der Waals surface area contributed by atoms with Gasteiger partial charge >= 0.3 is 0 Å². The molecule has 0 spiro atoms.